The van der Waals surface area contributed by atoms with Crippen molar-refractivity contribution in [2.45, 2.75) is 62.8 Å². The molecule has 0 aliphatic heterocycles. The molecule has 0 amide bonds. The van der Waals surface area contributed by atoms with Crippen LogP contribution in [0.1, 0.15) is 0 Å². The lowest BCUT2D eigenvalue weighted by Gasteiger charge is -2.57. The maximum Gasteiger partial charge on any atom is 0.475 e. The van der Waals surface area contributed by atoms with E-state index in [1.807, 2.05) is 0 Å². The van der Waals surface area contributed by atoms with Gasteiger partial charge in [-0.15, -0.1) is 0 Å². The number of hydrogen-bond donors (Lipinski definition) is 0. The largest absolute Gasteiger partial charge is 0.475 e. The summed E-state index contributed by atoms with van der Waals surface area (Å²) in [4.78, 5) is 0. The van der Waals surface area contributed by atoms with Gasteiger partial charge in [-0.3, -0.25) is 8.22 Å². The van der Waals surface area contributed by atoms with E-state index < -0.39 is 37.6 Å². The van der Waals surface area contributed by atoms with Gasteiger partial charge < -0.3 is 0 Å². The minimum absolute atomic E-state index is 0.502. The third-order valence-corrected chi connectivity index (χ3v) is 32.9. The average Bonchev–Trinajstić information content (AvgIpc) is 1.71. The molecule has 0 unspecified atom stereocenters. The zero-order valence-corrected chi connectivity index (χ0v) is 16.3. The fourth-order valence-electron chi connectivity index (χ4n) is 4.23. The van der Waals surface area contributed by atoms with Crippen LogP contribution in [0.4, 0.5) is 8.22 Å². The van der Waals surface area contributed by atoms with Crippen LogP contribution >= 0.6 is 0 Å². The molecule has 16 heavy (non-hydrogen) atoms. The Morgan fingerprint density at radius 1 is 0.625 bits per heavy atom. The van der Waals surface area contributed by atoms with Crippen LogP contribution in [0.3, 0.4) is 0 Å². The Hall–Kier alpha value is 0.728. The second-order valence-corrected chi connectivity index (χ2v) is 27.8. The molecule has 97 valence electrons. The molecular formula is C10H27F2Si4. The molecule has 0 spiro atoms. The first-order valence-electron chi connectivity index (χ1n) is 5.88. The van der Waals surface area contributed by atoms with E-state index in [-0.39, 0.29) is 0 Å². The molecule has 6 heteroatoms. The summed E-state index contributed by atoms with van der Waals surface area (Å²) in [5.41, 5.74) is 0. The van der Waals surface area contributed by atoms with Gasteiger partial charge in [0.15, 0.2) is 0 Å². The summed E-state index contributed by atoms with van der Waals surface area (Å²) >= 11 is 0. The van der Waals surface area contributed by atoms with Gasteiger partial charge in [0.05, 0.1) is 0 Å². The molecule has 0 aromatic rings. The Kier molecular flexibility index (Phi) is 4.64. The Labute approximate surface area is 105 Å². The maximum atomic E-state index is 14.0. The predicted octanol–water partition coefficient (Wildman–Crippen LogP) is 4.79. The zero-order valence-electron chi connectivity index (χ0n) is 12.3. The van der Waals surface area contributed by atoms with Crippen molar-refractivity contribution < 1.29 is 8.22 Å². The second-order valence-electron chi connectivity index (χ2n) is 7.76. The molecule has 1 radical (unpaired) electrons. The molecule has 0 saturated carbocycles. The Morgan fingerprint density at radius 2 is 0.812 bits per heavy atom. The third-order valence-electron chi connectivity index (χ3n) is 3.66. The van der Waals surface area contributed by atoms with E-state index in [0.29, 0.717) is 0 Å². The van der Waals surface area contributed by atoms with E-state index in [1.54, 1.807) is 0 Å². The Morgan fingerprint density at radius 3 is 0.812 bits per heavy atom. The normalized spacial score (nSPS) is 15.8. The lowest BCUT2D eigenvalue weighted by atomic mass is 11.6. The summed E-state index contributed by atoms with van der Waals surface area (Å²) in [5, 5.41) is 0. The van der Waals surface area contributed by atoms with Crippen LogP contribution in [0.5, 0.6) is 0 Å². The first kappa shape index (κ1) is 16.7. The van der Waals surface area contributed by atoms with Gasteiger partial charge in [-0.25, -0.2) is 0 Å². The quantitative estimate of drug-likeness (QED) is 0.517. The predicted molar refractivity (Wildman–Crippen MR) is 80.7 cm³/mol. The van der Waals surface area contributed by atoms with E-state index in [0.717, 1.165) is 0 Å². The summed E-state index contributed by atoms with van der Waals surface area (Å²) < 4.78 is 27.6. The van der Waals surface area contributed by atoms with Crippen molar-refractivity contribution in [3.63, 3.8) is 0 Å². The van der Waals surface area contributed by atoms with Gasteiger partial charge in [0.2, 0.25) is 0 Å². The maximum absolute atomic E-state index is 14.0. The molecule has 0 nitrogen and oxygen atoms in total. The van der Waals surface area contributed by atoms with E-state index in [2.05, 4.69) is 58.9 Å². The van der Waals surface area contributed by atoms with E-state index in [9.17, 15) is 8.22 Å². The van der Waals surface area contributed by atoms with Gasteiger partial charge in [0.25, 0.3) is 0 Å². The molecule has 0 aromatic heterocycles. The smallest absolute Gasteiger partial charge is 0.268 e. The van der Waals surface area contributed by atoms with Crippen molar-refractivity contribution in [3.05, 3.63) is 0 Å². The molecule has 0 atom stereocenters. The third kappa shape index (κ3) is 2.44. The van der Waals surface area contributed by atoms with Crippen LogP contribution in [-0.2, 0) is 0 Å². The van der Waals surface area contributed by atoms with Gasteiger partial charge in [-0.1, -0.05) is 58.9 Å². The number of halogens is 2. The van der Waals surface area contributed by atoms with Crippen LogP contribution in [0.25, 0.3) is 0 Å². The number of hydrogen-bond acceptors (Lipinski definition) is 0. The molecule has 0 saturated heterocycles. The van der Waals surface area contributed by atoms with Crippen LogP contribution in [0.2, 0.25) is 62.8 Å². The first-order chi connectivity index (χ1) is 6.69. The fourth-order valence-corrected chi connectivity index (χ4v) is 38.0. The molecule has 0 aromatic carbocycles. The minimum atomic E-state index is -3.22. The molecule has 0 fully saturated rings. The summed E-state index contributed by atoms with van der Waals surface area (Å²) in [6.07, 6.45) is 0. The van der Waals surface area contributed by atoms with Crippen LogP contribution < -0.4 is 0 Å². The highest BCUT2D eigenvalue weighted by Gasteiger charge is 2.67. The van der Waals surface area contributed by atoms with E-state index in [4.69, 9.17) is 0 Å². The number of rotatable bonds is 4. The fraction of sp³-hybridized carbons (Fsp3) is 1.00. The highest BCUT2D eigenvalue weighted by Crippen LogP contribution is 2.56. The summed E-state index contributed by atoms with van der Waals surface area (Å²) in [5.74, 6) is 0. The lowest BCUT2D eigenvalue weighted by Crippen LogP contribution is -2.70. The van der Waals surface area contributed by atoms with E-state index >= 15 is 0 Å². The monoisotopic (exact) mass is 297 g/mol. The van der Waals surface area contributed by atoms with Gasteiger partial charge in [-0.05, 0) is 0 Å². The van der Waals surface area contributed by atoms with Crippen LogP contribution in [-0.4, -0.2) is 33.7 Å². The zero-order chi connectivity index (χ0) is 13.6. The van der Waals surface area contributed by atoms with Crippen molar-refractivity contribution in [3.8, 4) is 0 Å². The molecule has 0 heterocycles. The minimum Gasteiger partial charge on any atom is -0.268 e. The second kappa shape index (κ2) is 4.44. The molecule has 0 N–H and O–H groups in total. The molecular weight excluding hydrogens is 270 g/mol. The van der Waals surface area contributed by atoms with E-state index in [1.165, 1.54) is 0 Å². The highest BCUT2D eigenvalue weighted by atomic mass is 28.5. The van der Waals surface area contributed by atoms with Crippen LogP contribution in [0, 0.1) is 0 Å². The Bertz CT molecular complexity index is 209. The molecule has 0 rings (SSSR count). The Balaban J connectivity index is 6.05. The first-order valence-corrected chi connectivity index (χ1v) is 17.6. The summed E-state index contributed by atoms with van der Waals surface area (Å²) in [6.45, 7) is 19.4. The van der Waals surface area contributed by atoms with Crippen LogP contribution in [0.15, 0.2) is 0 Å². The van der Waals surface area contributed by atoms with Gasteiger partial charge in [0.1, 0.15) is 0 Å². The lowest BCUT2D eigenvalue weighted by molar-refractivity contribution is 0.644. The van der Waals surface area contributed by atoms with Gasteiger partial charge >= 0.3 is 9.46 Å². The standard InChI is InChI=1S/C10H27F2Si4/c1-14(2,3)10(13(11)12,15(4,5)6)16(7,8)9/h1-9H3. The molecule has 0 aliphatic carbocycles. The summed E-state index contributed by atoms with van der Waals surface area (Å²) in [7, 11) is -8.78. The SMILES string of the molecule is C[Si](C)(C)C([Si](F)F)([Si](C)(C)C)[Si](C)(C)C. The summed E-state index contributed by atoms with van der Waals surface area (Å²) in [6, 6.07) is 0. The van der Waals surface area contributed by atoms with Gasteiger partial charge in [-0.2, -0.15) is 0 Å². The van der Waals surface area contributed by atoms with Crippen molar-refractivity contribution in [2.24, 2.45) is 0 Å². The molecule has 0 aliphatic rings. The van der Waals surface area contributed by atoms with Crippen molar-refractivity contribution in [1.29, 1.82) is 0 Å². The molecule has 0 bridgehead atoms. The van der Waals surface area contributed by atoms with Gasteiger partial charge in [0, 0.05) is 28.1 Å². The van der Waals surface area contributed by atoms with Crippen molar-refractivity contribution in [1.82, 2.24) is 0 Å². The van der Waals surface area contributed by atoms with Crippen molar-refractivity contribution >= 4 is 33.7 Å². The topological polar surface area (TPSA) is 0 Å². The van der Waals surface area contributed by atoms with Crippen molar-refractivity contribution in [2.75, 3.05) is 0 Å². The highest BCUT2D eigenvalue weighted by molar-refractivity contribution is 7.24. The average molecular weight is 298 g/mol.